The van der Waals surface area contributed by atoms with Gasteiger partial charge in [0.15, 0.2) is 0 Å². The number of hydrogen-bond acceptors (Lipinski definition) is 2. The molecule has 0 saturated carbocycles. The van der Waals surface area contributed by atoms with Crippen LogP contribution in [0.4, 0.5) is 4.39 Å². The van der Waals surface area contributed by atoms with Gasteiger partial charge in [-0.2, -0.15) is 0 Å². The third kappa shape index (κ3) is 3.52. The van der Waals surface area contributed by atoms with Gasteiger partial charge in [-0.05, 0) is 55.6 Å². The number of methoxy groups -OCH3 is 2. The topological polar surface area (TPSA) is 18.5 Å². The van der Waals surface area contributed by atoms with E-state index in [1.54, 1.807) is 13.2 Å². The lowest BCUT2D eigenvalue weighted by atomic mass is 10.0. The maximum Gasteiger partial charge on any atom is 0.141 e. The lowest BCUT2D eigenvalue weighted by molar-refractivity contribution is 0.406. The second-order valence-electron chi connectivity index (χ2n) is 4.26. The molecule has 0 fully saturated rings. The van der Waals surface area contributed by atoms with E-state index in [4.69, 9.17) is 21.1 Å². The van der Waals surface area contributed by atoms with Crippen molar-refractivity contribution in [1.82, 2.24) is 0 Å². The quantitative estimate of drug-likeness (QED) is 0.571. The molecule has 0 N–H and O–H groups in total. The van der Waals surface area contributed by atoms with Gasteiger partial charge in [0, 0.05) is 11.6 Å². The van der Waals surface area contributed by atoms with Gasteiger partial charge in [0.25, 0.3) is 0 Å². The van der Waals surface area contributed by atoms with Crippen LogP contribution in [0.25, 0.3) is 0 Å². The Labute approximate surface area is 144 Å². The van der Waals surface area contributed by atoms with Gasteiger partial charge in [-0.25, -0.2) is 4.39 Å². The zero-order chi connectivity index (χ0) is 15.6. The lowest BCUT2D eigenvalue weighted by Gasteiger charge is -2.16. The predicted octanol–water partition coefficient (Wildman–Crippen LogP) is 5.70. The first-order chi connectivity index (χ1) is 9.97. The maximum atomic E-state index is 13.6. The lowest BCUT2D eigenvalue weighted by Crippen LogP contribution is -1.99. The Morgan fingerprint density at radius 3 is 2.24 bits per heavy atom. The van der Waals surface area contributed by atoms with E-state index in [2.05, 4.69) is 31.9 Å². The van der Waals surface area contributed by atoms with Crippen LogP contribution in [0.5, 0.6) is 11.5 Å². The zero-order valence-corrected chi connectivity index (χ0v) is 15.2. The molecule has 0 saturated heterocycles. The summed E-state index contributed by atoms with van der Waals surface area (Å²) in [5.41, 5.74) is 1.53. The minimum Gasteiger partial charge on any atom is -0.496 e. The van der Waals surface area contributed by atoms with Crippen LogP contribution in [-0.2, 0) is 0 Å². The van der Waals surface area contributed by atoms with E-state index in [1.807, 2.05) is 18.2 Å². The van der Waals surface area contributed by atoms with Gasteiger partial charge in [0.1, 0.15) is 17.3 Å². The Balaban J connectivity index is 2.46. The number of rotatable bonds is 4. The molecule has 2 aromatic rings. The third-order valence-electron chi connectivity index (χ3n) is 3.01. The second kappa shape index (κ2) is 6.99. The summed E-state index contributed by atoms with van der Waals surface area (Å²) >= 11 is 13.1. The van der Waals surface area contributed by atoms with Crippen molar-refractivity contribution in [3.63, 3.8) is 0 Å². The summed E-state index contributed by atoms with van der Waals surface area (Å²) in [6.45, 7) is 0. The molecule has 0 radical (unpaired) electrons. The molecule has 21 heavy (non-hydrogen) atoms. The number of ether oxygens (including phenoxy) is 2. The van der Waals surface area contributed by atoms with Gasteiger partial charge in [0.05, 0.1) is 28.5 Å². The predicted molar refractivity (Wildman–Crippen MR) is 89.0 cm³/mol. The molecule has 0 aliphatic rings. The monoisotopic (exact) mass is 436 g/mol. The first kappa shape index (κ1) is 16.6. The third-order valence-corrected chi connectivity index (χ3v) is 4.73. The highest BCUT2D eigenvalue weighted by molar-refractivity contribution is 9.10. The van der Waals surface area contributed by atoms with Crippen LogP contribution in [0.2, 0.25) is 0 Å². The molecule has 0 heterocycles. The standard InChI is InChI=1S/C15H12Br2ClFO2/c1-20-13-4-3-8(5-11(13)17)15(18)9-6-10(16)12(19)7-14(9)21-2/h3-7,15H,1-2H3. The molecule has 0 aliphatic carbocycles. The van der Waals surface area contributed by atoms with Crippen LogP contribution in [-0.4, -0.2) is 14.2 Å². The summed E-state index contributed by atoms with van der Waals surface area (Å²) in [4.78, 5) is 0. The second-order valence-corrected chi connectivity index (χ2v) is 6.41. The van der Waals surface area contributed by atoms with Crippen LogP contribution < -0.4 is 9.47 Å². The molecule has 112 valence electrons. The molecule has 0 amide bonds. The van der Waals surface area contributed by atoms with Gasteiger partial charge in [-0.15, -0.1) is 11.6 Å². The molecule has 6 heteroatoms. The van der Waals surface area contributed by atoms with Crippen molar-refractivity contribution in [3.05, 3.63) is 56.2 Å². The van der Waals surface area contributed by atoms with Crippen molar-refractivity contribution in [2.45, 2.75) is 5.38 Å². The van der Waals surface area contributed by atoms with Crippen molar-refractivity contribution in [3.8, 4) is 11.5 Å². The van der Waals surface area contributed by atoms with Crippen molar-refractivity contribution >= 4 is 43.5 Å². The minimum absolute atomic E-state index is 0.344. The Morgan fingerprint density at radius 2 is 1.67 bits per heavy atom. The number of benzene rings is 2. The molecule has 0 bridgehead atoms. The van der Waals surface area contributed by atoms with E-state index in [0.29, 0.717) is 15.8 Å². The van der Waals surface area contributed by atoms with E-state index in [-0.39, 0.29) is 0 Å². The van der Waals surface area contributed by atoms with Crippen LogP contribution in [0.15, 0.2) is 39.3 Å². The van der Waals surface area contributed by atoms with E-state index in [0.717, 1.165) is 15.8 Å². The fraction of sp³-hybridized carbons (Fsp3) is 0.200. The van der Waals surface area contributed by atoms with E-state index >= 15 is 0 Å². The Hall–Kier alpha value is -0.780. The van der Waals surface area contributed by atoms with Gasteiger partial charge in [-0.3, -0.25) is 0 Å². The van der Waals surface area contributed by atoms with Crippen LogP contribution in [0, 0.1) is 5.82 Å². The average Bonchev–Trinajstić information content (AvgIpc) is 2.48. The highest BCUT2D eigenvalue weighted by atomic mass is 79.9. The minimum atomic E-state index is -0.473. The van der Waals surface area contributed by atoms with Gasteiger partial charge < -0.3 is 9.47 Å². The summed E-state index contributed by atoms with van der Waals surface area (Å²) in [5.74, 6) is 0.730. The van der Waals surface area contributed by atoms with Gasteiger partial charge in [-0.1, -0.05) is 6.07 Å². The summed E-state index contributed by atoms with van der Waals surface area (Å²) in [6.07, 6.45) is 0. The Bertz CT molecular complexity index is 664. The number of alkyl halides is 1. The molecule has 2 aromatic carbocycles. The van der Waals surface area contributed by atoms with Crippen LogP contribution >= 0.6 is 43.5 Å². The molecule has 0 aliphatic heterocycles. The van der Waals surface area contributed by atoms with Crippen molar-refractivity contribution < 1.29 is 13.9 Å². The maximum absolute atomic E-state index is 13.6. The smallest absolute Gasteiger partial charge is 0.141 e. The Morgan fingerprint density at radius 1 is 1.00 bits per heavy atom. The van der Waals surface area contributed by atoms with Crippen LogP contribution in [0.3, 0.4) is 0 Å². The summed E-state index contributed by atoms with van der Waals surface area (Å²) in [6, 6.07) is 8.49. The van der Waals surface area contributed by atoms with E-state index in [1.165, 1.54) is 13.2 Å². The molecule has 0 spiro atoms. The fourth-order valence-electron chi connectivity index (χ4n) is 1.94. The van der Waals surface area contributed by atoms with Gasteiger partial charge >= 0.3 is 0 Å². The van der Waals surface area contributed by atoms with Crippen molar-refractivity contribution in [1.29, 1.82) is 0 Å². The van der Waals surface area contributed by atoms with Crippen molar-refractivity contribution in [2.75, 3.05) is 14.2 Å². The summed E-state index contributed by atoms with van der Waals surface area (Å²) in [7, 11) is 3.08. The normalized spacial score (nSPS) is 12.1. The first-order valence-corrected chi connectivity index (χ1v) is 8.00. The Kier molecular flexibility index (Phi) is 5.52. The summed E-state index contributed by atoms with van der Waals surface area (Å²) in [5, 5.41) is -0.473. The number of hydrogen-bond donors (Lipinski definition) is 0. The summed E-state index contributed by atoms with van der Waals surface area (Å²) < 4.78 is 25.1. The first-order valence-electron chi connectivity index (χ1n) is 5.98. The van der Waals surface area contributed by atoms with E-state index < -0.39 is 11.2 Å². The van der Waals surface area contributed by atoms with Gasteiger partial charge in [0.2, 0.25) is 0 Å². The highest BCUT2D eigenvalue weighted by Crippen LogP contribution is 2.39. The molecule has 2 rings (SSSR count). The average molecular weight is 439 g/mol. The molecular formula is C15H12Br2ClFO2. The zero-order valence-electron chi connectivity index (χ0n) is 11.3. The molecule has 2 nitrogen and oxygen atoms in total. The van der Waals surface area contributed by atoms with E-state index in [9.17, 15) is 4.39 Å². The molecular weight excluding hydrogens is 426 g/mol. The SMILES string of the molecule is COc1ccc(C(Cl)c2cc(Br)c(F)cc2OC)cc1Br. The molecule has 0 aromatic heterocycles. The largest absolute Gasteiger partial charge is 0.496 e. The molecule has 1 unspecified atom stereocenters. The molecule has 1 atom stereocenters. The van der Waals surface area contributed by atoms with Crippen LogP contribution in [0.1, 0.15) is 16.5 Å². The number of halogens is 4. The fourth-order valence-corrected chi connectivity index (χ4v) is 3.16. The van der Waals surface area contributed by atoms with Crippen molar-refractivity contribution in [2.24, 2.45) is 0 Å². The highest BCUT2D eigenvalue weighted by Gasteiger charge is 2.19.